The molecule has 0 radical (unpaired) electrons. The Kier molecular flexibility index (Phi) is 3.47. The highest BCUT2D eigenvalue weighted by Gasteiger charge is 2.00. The fraction of sp³-hybridized carbons (Fsp3) is 0.250. The van der Waals surface area contributed by atoms with Crippen LogP contribution in [0, 0.1) is 0 Å². The van der Waals surface area contributed by atoms with Crippen molar-refractivity contribution in [2.24, 2.45) is 0 Å². The predicted octanol–water partition coefficient (Wildman–Crippen LogP) is 3.13. The molecule has 0 aliphatic heterocycles. The highest BCUT2D eigenvalue weighted by atomic mass is 79.9. The Morgan fingerprint density at radius 1 is 1.25 bits per heavy atom. The first-order chi connectivity index (χ1) is 5.68. The van der Waals surface area contributed by atoms with Gasteiger partial charge in [0.15, 0.2) is 0 Å². The molecular weight excluding hydrogens is 228 g/mol. The lowest BCUT2D eigenvalue weighted by Crippen LogP contribution is -2.09. The molecule has 1 aromatic rings. The third-order valence-corrected chi connectivity index (χ3v) is 1.83. The van der Waals surface area contributed by atoms with Gasteiger partial charge in [0.05, 0.1) is 6.54 Å². The van der Waals surface area contributed by atoms with Gasteiger partial charge in [-0.3, -0.25) is 0 Å². The Balaban J connectivity index is 2.48. The Hall–Kier alpha value is -0.640. The van der Waals surface area contributed by atoms with Crippen LogP contribution in [0.15, 0.2) is 28.7 Å². The van der Waals surface area contributed by atoms with Crippen molar-refractivity contribution in [3.63, 3.8) is 0 Å². The zero-order valence-corrected chi connectivity index (χ0v) is 7.81. The molecule has 0 aromatic heterocycles. The minimum absolute atomic E-state index is 0.304. The SMILES string of the molecule is FC(F)CNc1ccc(Br)cc1. The zero-order chi connectivity index (χ0) is 8.97. The summed E-state index contributed by atoms with van der Waals surface area (Å²) in [6, 6.07) is 7.08. The van der Waals surface area contributed by atoms with Crippen molar-refractivity contribution in [1.29, 1.82) is 0 Å². The van der Waals surface area contributed by atoms with Crippen LogP contribution in [0.4, 0.5) is 14.5 Å². The third-order valence-electron chi connectivity index (χ3n) is 1.30. The van der Waals surface area contributed by atoms with Gasteiger partial charge in [0, 0.05) is 10.2 Å². The molecule has 0 aliphatic rings. The van der Waals surface area contributed by atoms with Crippen molar-refractivity contribution in [1.82, 2.24) is 0 Å². The van der Waals surface area contributed by atoms with Gasteiger partial charge in [-0.05, 0) is 24.3 Å². The number of alkyl halides is 2. The fourth-order valence-electron chi connectivity index (χ4n) is 0.763. The molecule has 0 heterocycles. The van der Waals surface area contributed by atoms with E-state index in [-0.39, 0.29) is 6.54 Å². The van der Waals surface area contributed by atoms with Crippen LogP contribution in [0.3, 0.4) is 0 Å². The number of nitrogens with one attached hydrogen (secondary N) is 1. The average molecular weight is 236 g/mol. The van der Waals surface area contributed by atoms with Gasteiger partial charge >= 0.3 is 0 Å². The molecule has 1 aromatic carbocycles. The molecule has 0 fully saturated rings. The normalized spacial score (nSPS) is 10.3. The quantitative estimate of drug-likeness (QED) is 0.850. The summed E-state index contributed by atoms with van der Waals surface area (Å²) in [5, 5.41) is 2.60. The van der Waals surface area contributed by atoms with E-state index < -0.39 is 6.43 Å². The summed E-state index contributed by atoms with van der Waals surface area (Å²) >= 11 is 3.25. The second-order valence-corrected chi connectivity index (χ2v) is 3.19. The van der Waals surface area contributed by atoms with E-state index in [1.165, 1.54) is 0 Å². The molecule has 66 valence electrons. The molecule has 0 saturated heterocycles. The lowest BCUT2D eigenvalue weighted by Gasteiger charge is -2.04. The maximum Gasteiger partial charge on any atom is 0.255 e. The summed E-state index contributed by atoms with van der Waals surface area (Å²) in [7, 11) is 0. The molecule has 1 rings (SSSR count). The number of benzene rings is 1. The van der Waals surface area contributed by atoms with Gasteiger partial charge in [-0.1, -0.05) is 15.9 Å². The van der Waals surface area contributed by atoms with Gasteiger partial charge in [0.1, 0.15) is 0 Å². The first kappa shape index (κ1) is 9.45. The molecular formula is C8H8BrF2N. The Bertz CT molecular complexity index is 235. The van der Waals surface area contributed by atoms with Crippen molar-refractivity contribution < 1.29 is 8.78 Å². The molecule has 0 amide bonds. The molecule has 0 unspecified atom stereocenters. The smallest absolute Gasteiger partial charge is 0.255 e. The number of hydrogen-bond donors (Lipinski definition) is 1. The number of hydrogen-bond acceptors (Lipinski definition) is 1. The second-order valence-electron chi connectivity index (χ2n) is 2.28. The molecule has 0 spiro atoms. The van der Waals surface area contributed by atoms with E-state index in [4.69, 9.17) is 0 Å². The Morgan fingerprint density at radius 3 is 2.33 bits per heavy atom. The molecule has 0 saturated carbocycles. The van der Waals surface area contributed by atoms with Crippen LogP contribution in [-0.2, 0) is 0 Å². The van der Waals surface area contributed by atoms with E-state index in [9.17, 15) is 8.78 Å². The van der Waals surface area contributed by atoms with Crippen molar-refractivity contribution >= 4 is 21.6 Å². The maximum absolute atomic E-state index is 11.7. The molecule has 0 atom stereocenters. The molecule has 1 N–H and O–H groups in total. The van der Waals surface area contributed by atoms with Crippen LogP contribution in [0.1, 0.15) is 0 Å². The first-order valence-electron chi connectivity index (χ1n) is 3.46. The van der Waals surface area contributed by atoms with Gasteiger partial charge in [-0.2, -0.15) is 0 Å². The van der Waals surface area contributed by atoms with E-state index in [1.807, 2.05) is 0 Å². The third kappa shape index (κ3) is 3.17. The fourth-order valence-corrected chi connectivity index (χ4v) is 1.03. The minimum atomic E-state index is -2.31. The van der Waals surface area contributed by atoms with E-state index in [1.54, 1.807) is 24.3 Å². The summed E-state index contributed by atoms with van der Waals surface area (Å²) in [5.41, 5.74) is 0.707. The van der Waals surface area contributed by atoms with Crippen molar-refractivity contribution in [3.05, 3.63) is 28.7 Å². The van der Waals surface area contributed by atoms with Crippen molar-refractivity contribution in [3.8, 4) is 0 Å². The van der Waals surface area contributed by atoms with Crippen LogP contribution < -0.4 is 5.32 Å². The van der Waals surface area contributed by atoms with E-state index in [0.717, 1.165) is 4.47 Å². The van der Waals surface area contributed by atoms with Crippen molar-refractivity contribution in [2.45, 2.75) is 6.43 Å². The van der Waals surface area contributed by atoms with Crippen LogP contribution in [0.25, 0.3) is 0 Å². The monoisotopic (exact) mass is 235 g/mol. The predicted molar refractivity (Wildman–Crippen MR) is 48.6 cm³/mol. The maximum atomic E-state index is 11.7. The molecule has 0 aliphatic carbocycles. The van der Waals surface area contributed by atoms with Gasteiger partial charge in [-0.15, -0.1) is 0 Å². The lowest BCUT2D eigenvalue weighted by molar-refractivity contribution is 0.163. The van der Waals surface area contributed by atoms with Crippen LogP contribution in [0.5, 0.6) is 0 Å². The molecule has 4 heteroatoms. The zero-order valence-electron chi connectivity index (χ0n) is 6.23. The highest BCUT2D eigenvalue weighted by molar-refractivity contribution is 9.10. The second kappa shape index (κ2) is 4.40. The summed E-state index contributed by atoms with van der Waals surface area (Å²) in [5.74, 6) is 0. The van der Waals surface area contributed by atoms with Crippen molar-refractivity contribution in [2.75, 3.05) is 11.9 Å². The van der Waals surface area contributed by atoms with Crippen LogP contribution in [0.2, 0.25) is 0 Å². The number of anilines is 1. The Labute approximate surface area is 77.9 Å². The standard InChI is InChI=1S/C8H8BrF2N/c9-6-1-3-7(4-2-6)12-5-8(10)11/h1-4,8,12H,5H2. The van der Waals surface area contributed by atoms with E-state index >= 15 is 0 Å². The van der Waals surface area contributed by atoms with Crippen LogP contribution in [-0.4, -0.2) is 13.0 Å². The number of halogens is 3. The van der Waals surface area contributed by atoms with Crippen LogP contribution >= 0.6 is 15.9 Å². The molecule has 0 bridgehead atoms. The van der Waals surface area contributed by atoms with E-state index in [2.05, 4.69) is 21.2 Å². The average Bonchev–Trinajstić information content (AvgIpc) is 2.03. The molecule has 12 heavy (non-hydrogen) atoms. The number of rotatable bonds is 3. The van der Waals surface area contributed by atoms with Gasteiger partial charge < -0.3 is 5.32 Å². The lowest BCUT2D eigenvalue weighted by atomic mass is 10.3. The van der Waals surface area contributed by atoms with Gasteiger partial charge in [0.2, 0.25) is 0 Å². The topological polar surface area (TPSA) is 12.0 Å². The summed E-state index contributed by atoms with van der Waals surface area (Å²) in [4.78, 5) is 0. The van der Waals surface area contributed by atoms with Gasteiger partial charge in [-0.25, -0.2) is 8.78 Å². The van der Waals surface area contributed by atoms with Gasteiger partial charge in [0.25, 0.3) is 6.43 Å². The summed E-state index contributed by atoms with van der Waals surface area (Å²) in [6.45, 7) is -0.304. The first-order valence-corrected chi connectivity index (χ1v) is 4.25. The highest BCUT2D eigenvalue weighted by Crippen LogP contribution is 2.14. The summed E-state index contributed by atoms with van der Waals surface area (Å²) in [6.07, 6.45) is -2.31. The largest absolute Gasteiger partial charge is 0.379 e. The Morgan fingerprint density at radius 2 is 1.83 bits per heavy atom. The van der Waals surface area contributed by atoms with E-state index in [0.29, 0.717) is 5.69 Å². The molecule has 1 nitrogen and oxygen atoms in total. The minimum Gasteiger partial charge on any atom is -0.379 e. The summed E-state index contributed by atoms with van der Waals surface area (Å²) < 4.78 is 24.4.